The molecule has 89 heavy (non-hydrogen) atoms. The number of ketones is 1. The zero-order valence-corrected chi connectivity index (χ0v) is 56.4. The molecule has 0 radical (unpaired) electrons. The Bertz CT molecular complexity index is 2740. The van der Waals surface area contributed by atoms with Gasteiger partial charge in [-0.3, -0.25) is 14.6 Å². The Labute approximate surface area is 536 Å². The molecular formula is C65H99Cl2N5O17. The van der Waals surface area contributed by atoms with Crippen LogP contribution in [-0.4, -0.2) is 212 Å². The number of Topliss-reactive ketones (excluding diaryl/α,β-unsaturated/α-hetero) is 1. The maximum absolute atomic E-state index is 15.7. The molecule has 500 valence electrons. The number of esters is 1. The number of benzene rings is 1. The van der Waals surface area contributed by atoms with E-state index in [2.05, 4.69) is 9.88 Å². The number of aromatic nitrogens is 1. The number of hydrogen-bond acceptors (Lipinski definition) is 19. The molecule has 2 aromatic rings. The van der Waals surface area contributed by atoms with Gasteiger partial charge in [0.05, 0.1) is 89.6 Å². The number of pyridine rings is 1. The van der Waals surface area contributed by atoms with Gasteiger partial charge in [-0.15, -0.1) is 0 Å². The Balaban J connectivity index is 1.17. The fourth-order valence-electron chi connectivity index (χ4n) is 14.7. The van der Waals surface area contributed by atoms with Crippen molar-refractivity contribution in [2.45, 2.75) is 231 Å². The third-order valence-electron chi connectivity index (χ3n) is 20.1. The number of nitrogens with zero attached hydrogens (tertiary/aromatic N) is 5. The van der Waals surface area contributed by atoms with Crippen molar-refractivity contribution in [3.63, 3.8) is 0 Å². The Kier molecular flexibility index (Phi) is 23.2. The van der Waals surface area contributed by atoms with Crippen LogP contribution >= 0.6 is 23.2 Å². The third kappa shape index (κ3) is 15.0. The number of hydrogen-bond donors (Lipinski definition) is 2. The molecule has 8 rings (SSSR count). The van der Waals surface area contributed by atoms with Crippen molar-refractivity contribution in [2.24, 2.45) is 23.2 Å². The average Bonchev–Trinajstić information content (AvgIpc) is 1.73. The minimum Gasteiger partial charge on any atom is -0.493 e. The first-order valence-corrected chi connectivity index (χ1v) is 32.6. The zero-order valence-electron chi connectivity index (χ0n) is 54.9. The summed E-state index contributed by atoms with van der Waals surface area (Å²) in [4.78, 5) is 71.3. The van der Waals surface area contributed by atoms with Gasteiger partial charge < -0.3 is 81.9 Å². The molecule has 0 unspecified atom stereocenters. The highest BCUT2D eigenvalue weighted by Gasteiger charge is 2.62. The molecule has 3 amide bonds. The van der Waals surface area contributed by atoms with Crippen molar-refractivity contribution in [1.29, 1.82) is 0 Å². The van der Waals surface area contributed by atoms with Gasteiger partial charge >= 0.3 is 18.1 Å². The fourth-order valence-corrected chi connectivity index (χ4v) is 15.2. The number of amides is 3. The molecule has 22 nitrogen and oxygen atoms in total. The number of morpholine rings is 1. The molecule has 1 aromatic heterocycles. The van der Waals surface area contributed by atoms with Crippen LogP contribution in [0.25, 0.3) is 0 Å². The van der Waals surface area contributed by atoms with Gasteiger partial charge in [0.15, 0.2) is 29.7 Å². The number of likely N-dealkylation sites (N-methyl/N-ethyl adjacent to an activating group) is 1. The number of halogens is 2. The van der Waals surface area contributed by atoms with E-state index in [1.54, 1.807) is 77.9 Å². The number of ether oxygens (including phenoxy) is 11. The lowest BCUT2D eigenvalue weighted by atomic mass is 9.70. The van der Waals surface area contributed by atoms with E-state index in [1.165, 1.54) is 19.1 Å². The van der Waals surface area contributed by atoms with Gasteiger partial charge in [-0.05, 0) is 112 Å². The van der Waals surface area contributed by atoms with Gasteiger partial charge in [-0.1, -0.05) is 50.9 Å². The van der Waals surface area contributed by atoms with E-state index in [0.29, 0.717) is 72.8 Å². The molecule has 1 aromatic carbocycles. The van der Waals surface area contributed by atoms with Crippen molar-refractivity contribution >= 4 is 52.8 Å². The van der Waals surface area contributed by atoms with E-state index in [1.807, 2.05) is 52.8 Å². The zero-order chi connectivity index (χ0) is 65.1. The SMILES string of the molecule is CC[C@H]1OC(=O)C(C)(C)[C@@H](O[C@H]2C[C@@](C)(OC)[C@@H](O)[C@H](C)O2)[C@H](C)[C@@H](O[C@@H]2O[C@H](C)C[C@H](N(C)C(=O)N3CCOCC3)[C@H]2O)[C@](C)(OC)C[C@@H](C)C(=O)[C@H](C)[C@H]2N(CCCN(Cc3c(Cl)cncc3Cl)c3ccc(OC)c(OC4CCCC4)c3)C(=O)O[C@]12C. The van der Waals surface area contributed by atoms with Crippen molar-refractivity contribution < 1.29 is 81.5 Å². The predicted molar refractivity (Wildman–Crippen MR) is 332 cm³/mol. The molecule has 5 aliphatic heterocycles. The molecule has 1 aliphatic carbocycles. The molecule has 0 spiro atoms. The van der Waals surface area contributed by atoms with Crippen LogP contribution in [0.4, 0.5) is 15.3 Å². The number of carbonyl (C=O) groups excluding carboxylic acids is 4. The Morgan fingerprint density at radius 3 is 2.16 bits per heavy atom. The van der Waals surface area contributed by atoms with Crippen molar-refractivity contribution in [2.75, 3.05) is 72.7 Å². The van der Waals surface area contributed by atoms with E-state index in [9.17, 15) is 19.8 Å². The van der Waals surface area contributed by atoms with Crippen LogP contribution in [0.5, 0.6) is 11.5 Å². The van der Waals surface area contributed by atoms with E-state index >= 15 is 9.59 Å². The Morgan fingerprint density at radius 2 is 1.53 bits per heavy atom. The van der Waals surface area contributed by atoms with Crippen molar-refractivity contribution in [1.82, 2.24) is 19.7 Å². The van der Waals surface area contributed by atoms with E-state index < -0.39 is 119 Å². The first kappa shape index (κ1) is 70.5. The number of anilines is 1. The summed E-state index contributed by atoms with van der Waals surface area (Å²) in [6, 6.07) is 3.75. The standard InChI is InChI=1S/C65H99Cl2N5O17/c1-16-50-65(11)54(72(61(78)89-65)25-19-24-71(36-44-45(66)34-68-35-46(44)67)42-22-23-48(79-13)49(31-42)85-43-20-17-18-21-43)39(4)52(73)37(2)32-64(10,81-15)57(88-58-53(74)47(30-38(3)83-58)69(12)60(77)70-26-28-82-29-27-70)40(5)56(62(7,8)59(76)86-50)87-51-33-63(9,80-14)55(75)41(6)84-51/h22-23,31,34-35,37-41,43,47,50-51,53-58,74-75H,16-21,24-30,32-33,36H2,1-15H3/t37-,38-,39+,40+,41+,47+,50-,51+,53-,54-,55+,56+,57-,58+,63-,64-,65-/m1/s1. The summed E-state index contributed by atoms with van der Waals surface area (Å²) in [5.74, 6) is -2.35. The van der Waals surface area contributed by atoms with Crippen molar-refractivity contribution in [3.8, 4) is 11.5 Å². The molecule has 6 aliphatic rings. The highest BCUT2D eigenvalue weighted by atomic mass is 35.5. The van der Waals surface area contributed by atoms with Gasteiger partial charge in [0.1, 0.15) is 24.1 Å². The van der Waals surface area contributed by atoms with Gasteiger partial charge in [-0.25, -0.2) is 9.59 Å². The number of aliphatic hydroxyl groups is 2. The maximum atomic E-state index is 15.7. The number of urea groups is 1. The van der Waals surface area contributed by atoms with Crippen LogP contribution in [0.2, 0.25) is 10.0 Å². The molecule has 6 heterocycles. The molecule has 5 saturated heterocycles. The number of aliphatic hydroxyl groups excluding tert-OH is 2. The van der Waals surface area contributed by atoms with Gasteiger partial charge in [-0.2, -0.15) is 0 Å². The van der Waals surface area contributed by atoms with E-state index in [-0.39, 0.29) is 50.3 Å². The normalized spacial score (nSPS) is 35.8. The lowest BCUT2D eigenvalue weighted by Gasteiger charge is -2.51. The van der Waals surface area contributed by atoms with Gasteiger partial charge in [0.2, 0.25) is 0 Å². The molecule has 24 heteroatoms. The summed E-state index contributed by atoms with van der Waals surface area (Å²) in [5, 5.41) is 24.6. The average molecular weight is 1290 g/mol. The number of carbonyl (C=O) groups is 4. The number of cyclic esters (lactones) is 1. The third-order valence-corrected chi connectivity index (χ3v) is 20.7. The minimum absolute atomic E-state index is 0.0280. The fraction of sp³-hybridized carbons (Fsp3) is 0.769. The quantitative estimate of drug-likeness (QED) is 0.132. The summed E-state index contributed by atoms with van der Waals surface area (Å²) < 4.78 is 70.8. The summed E-state index contributed by atoms with van der Waals surface area (Å²) >= 11 is 13.6. The topological polar surface area (TPSA) is 236 Å². The number of rotatable bonds is 18. The summed E-state index contributed by atoms with van der Waals surface area (Å²) in [6.45, 7) is 21.9. The van der Waals surface area contributed by atoms with Gasteiger partial charge in [0.25, 0.3) is 0 Å². The van der Waals surface area contributed by atoms with Crippen molar-refractivity contribution in [3.05, 3.63) is 46.2 Å². The molecule has 1 saturated carbocycles. The van der Waals surface area contributed by atoms with Crippen LogP contribution in [0.3, 0.4) is 0 Å². The summed E-state index contributed by atoms with van der Waals surface area (Å²) in [6.07, 6.45) is -2.17. The lowest BCUT2D eigenvalue weighted by Crippen LogP contribution is -2.63. The molecular weight excluding hydrogens is 1190 g/mol. The summed E-state index contributed by atoms with van der Waals surface area (Å²) in [5.41, 5.74) is -4.30. The van der Waals surface area contributed by atoms with E-state index in [0.717, 1.165) is 31.4 Å². The Hall–Kier alpha value is -4.33. The number of fused-ring (bicyclic) bond motifs is 1. The summed E-state index contributed by atoms with van der Waals surface area (Å²) in [7, 11) is 6.28. The maximum Gasteiger partial charge on any atom is 0.410 e. The minimum atomic E-state index is -1.60. The second-order valence-electron chi connectivity index (χ2n) is 26.8. The van der Waals surface area contributed by atoms with Gasteiger partial charge in [0, 0.05) is 108 Å². The molecule has 0 bridgehead atoms. The van der Waals surface area contributed by atoms with Crippen LogP contribution in [0.1, 0.15) is 140 Å². The highest BCUT2D eigenvalue weighted by molar-refractivity contribution is 6.35. The predicted octanol–water partition coefficient (Wildman–Crippen LogP) is 9.25. The number of methoxy groups -OCH3 is 3. The van der Waals surface area contributed by atoms with Crippen LogP contribution in [0, 0.1) is 23.2 Å². The second kappa shape index (κ2) is 29.3. The van der Waals surface area contributed by atoms with Crippen LogP contribution in [-0.2, 0) is 58.8 Å². The van der Waals surface area contributed by atoms with Crippen LogP contribution < -0.4 is 14.4 Å². The molecule has 6 fully saturated rings. The largest absolute Gasteiger partial charge is 0.493 e. The Morgan fingerprint density at radius 1 is 0.865 bits per heavy atom. The first-order valence-electron chi connectivity index (χ1n) is 31.9. The van der Waals surface area contributed by atoms with Crippen LogP contribution in [0.15, 0.2) is 30.6 Å². The molecule has 17 atom stereocenters. The highest BCUT2D eigenvalue weighted by Crippen LogP contribution is 2.48. The lowest BCUT2D eigenvalue weighted by molar-refractivity contribution is -0.323. The monoisotopic (exact) mass is 1290 g/mol. The molecule has 2 N–H and O–H groups in total. The first-order chi connectivity index (χ1) is 42.1. The van der Waals surface area contributed by atoms with E-state index in [4.69, 9.17) is 75.3 Å². The second-order valence-corrected chi connectivity index (χ2v) is 27.6. The smallest absolute Gasteiger partial charge is 0.410 e.